The van der Waals surface area contributed by atoms with Crippen molar-refractivity contribution < 1.29 is 4.74 Å². The Bertz CT molecular complexity index is 904. The van der Waals surface area contributed by atoms with Gasteiger partial charge in [-0.15, -0.1) is 5.10 Å². The minimum atomic E-state index is 0.00423. The molecule has 0 N–H and O–H groups in total. The van der Waals surface area contributed by atoms with Gasteiger partial charge in [0.05, 0.1) is 13.2 Å². The summed E-state index contributed by atoms with van der Waals surface area (Å²) in [6, 6.07) is 18.7. The summed E-state index contributed by atoms with van der Waals surface area (Å²) in [6.45, 7) is 4.77. The molecule has 29 heavy (non-hydrogen) atoms. The monoisotopic (exact) mass is 392 g/mol. The van der Waals surface area contributed by atoms with E-state index in [2.05, 4.69) is 68.8 Å². The molecule has 7 heteroatoms. The molecule has 152 valence electrons. The quantitative estimate of drug-likeness (QED) is 0.615. The van der Waals surface area contributed by atoms with Crippen molar-refractivity contribution in [3.63, 3.8) is 0 Å². The number of methoxy groups -OCH3 is 1. The summed E-state index contributed by atoms with van der Waals surface area (Å²) >= 11 is 0. The number of ether oxygens (including phenoxy) is 1. The smallest absolute Gasteiger partial charge is 0.173 e. The third-order valence-electron chi connectivity index (χ3n) is 5.57. The lowest BCUT2D eigenvalue weighted by Crippen LogP contribution is -2.46. The third-order valence-corrected chi connectivity index (χ3v) is 5.57. The van der Waals surface area contributed by atoms with E-state index in [4.69, 9.17) is 4.74 Å². The highest BCUT2D eigenvalue weighted by molar-refractivity contribution is 5.33. The molecule has 1 aromatic heterocycles. The fourth-order valence-electron chi connectivity index (χ4n) is 3.86. The molecule has 1 fully saturated rings. The Kier molecular flexibility index (Phi) is 6.17. The van der Waals surface area contributed by atoms with Gasteiger partial charge in [0, 0.05) is 32.7 Å². The van der Waals surface area contributed by atoms with Crippen molar-refractivity contribution in [3.8, 4) is 5.75 Å². The maximum Gasteiger partial charge on any atom is 0.173 e. The molecule has 7 nitrogen and oxygen atoms in total. The van der Waals surface area contributed by atoms with E-state index in [1.54, 1.807) is 7.11 Å². The SMILES string of the molecule is COc1cccc(C(c2nnnn2CCc2ccccc2)N2CCN(C)CC2)c1. The fraction of sp³-hybridized carbons (Fsp3) is 0.409. The van der Waals surface area contributed by atoms with Gasteiger partial charge in [0.15, 0.2) is 5.82 Å². The number of likely N-dealkylation sites (N-methyl/N-ethyl adjacent to an activating group) is 1. The number of aryl methyl sites for hydroxylation is 2. The van der Waals surface area contributed by atoms with Crippen LogP contribution in [-0.4, -0.2) is 70.3 Å². The molecule has 1 atom stereocenters. The second kappa shape index (κ2) is 9.15. The highest BCUT2D eigenvalue weighted by Gasteiger charge is 2.30. The maximum atomic E-state index is 5.48. The molecule has 2 aromatic carbocycles. The third kappa shape index (κ3) is 4.63. The van der Waals surface area contributed by atoms with E-state index in [9.17, 15) is 0 Å². The number of nitrogens with zero attached hydrogens (tertiary/aromatic N) is 6. The van der Waals surface area contributed by atoms with E-state index in [0.717, 1.165) is 56.3 Å². The summed E-state index contributed by atoms with van der Waals surface area (Å²) < 4.78 is 7.43. The van der Waals surface area contributed by atoms with Crippen LogP contribution in [0.1, 0.15) is 23.0 Å². The summed E-state index contributed by atoms with van der Waals surface area (Å²) in [4.78, 5) is 4.83. The van der Waals surface area contributed by atoms with Crippen LogP contribution in [-0.2, 0) is 13.0 Å². The number of rotatable bonds is 7. The lowest BCUT2D eigenvalue weighted by molar-refractivity contribution is 0.121. The lowest BCUT2D eigenvalue weighted by atomic mass is 10.0. The summed E-state index contributed by atoms with van der Waals surface area (Å²) in [5, 5.41) is 12.8. The van der Waals surface area contributed by atoms with E-state index < -0.39 is 0 Å². The molecule has 0 radical (unpaired) electrons. The molecular weight excluding hydrogens is 364 g/mol. The van der Waals surface area contributed by atoms with Gasteiger partial charge in [-0.05, 0) is 47.2 Å². The van der Waals surface area contributed by atoms with Gasteiger partial charge in [0.25, 0.3) is 0 Å². The molecule has 0 aliphatic carbocycles. The Morgan fingerprint density at radius 2 is 1.79 bits per heavy atom. The minimum Gasteiger partial charge on any atom is -0.497 e. The average Bonchev–Trinajstić information content (AvgIpc) is 3.23. The Balaban J connectivity index is 1.63. The van der Waals surface area contributed by atoms with Crippen LogP contribution in [0.3, 0.4) is 0 Å². The normalized spacial score (nSPS) is 16.6. The zero-order valence-electron chi connectivity index (χ0n) is 17.1. The molecule has 0 bridgehead atoms. The van der Waals surface area contributed by atoms with Gasteiger partial charge in [0.2, 0.25) is 0 Å². The standard InChI is InChI=1S/C22H28N6O/c1-26-13-15-27(16-14-26)21(19-9-6-10-20(17-19)29-2)22-23-24-25-28(22)12-11-18-7-4-3-5-8-18/h3-10,17,21H,11-16H2,1-2H3. The zero-order chi connectivity index (χ0) is 20.1. The van der Waals surface area contributed by atoms with Crippen molar-refractivity contribution in [2.24, 2.45) is 0 Å². The van der Waals surface area contributed by atoms with Crippen LogP contribution in [0.25, 0.3) is 0 Å². The molecule has 1 unspecified atom stereocenters. The Morgan fingerprint density at radius 3 is 2.55 bits per heavy atom. The number of aromatic nitrogens is 4. The highest BCUT2D eigenvalue weighted by atomic mass is 16.5. The molecule has 3 aromatic rings. The Hall–Kier alpha value is -2.77. The van der Waals surface area contributed by atoms with Gasteiger partial charge < -0.3 is 9.64 Å². The van der Waals surface area contributed by atoms with Gasteiger partial charge >= 0.3 is 0 Å². The van der Waals surface area contributed by atoms with Crippen LogP contribution < -0.4 is 4.74 Å². The van der Waals surface area contributed by atoms with Gasteiger partial charge in [0.1, 0.15) is 5.75 Å². The zero-order valence-corrected chi connectivity index (χ0v) is 17.1. The minimum absolute atomic E-state index is 0.00423. The van der Waals surface area contributed by atoms with E-state index >= 15 is 0 Å². The van der Waals surface area contributed by atoms with Crippen molar-refractivity contribution >= 4 is 0 Å². The highest BCUT2D eigenvalue weighted by Crippen LogP contribution is 2.30. The van der Waals surface area contributed by atoms with Crippen LogP contribution in [0, 0.1) is 0 Å². The molecule has 0 amide bonds. The van der Waals surface area contributed by atoms with Crippen molar-refractivity contribution in [3.05, 3.63) is 71.5 Å². The second-order valence-electron chi connectivity index (χ2n) is 7.51. The van der Waals surface area contributed by atoms with Gasteiger partial charge in [-0.2, -0.15) is 0 Å². The fourth-order valence-corrected chi connectivity index (χ4v) is 3.86. The van der Waals surface area contributed by atoms with E-state index in [1.807, 2.05) is 22.9 Å². The van der Waals surface area contributed by atoms with Crippen LogP contribution in [0.5, 0.6) is 5.75 Å². The van der Waals surface area contributed by atoms with Crippen LogP contribution in [0.4, 0.5) is 0 Å². The molecule has 0 saturated carbocycles. The first kappa shape index (κ1) is 19.5. The first-order valence-electron chi connectivity index (χ1n) is 10.1. The Morgan fingerprint density at radius 1 is 1.00 bits per heavy atom. The number of hydrogen-bond acceptors (Lipinski definition) is 6. The average molecular weight is 393 g/mol. The Labute approximate surface area is 171 Å². The van der Waals surface area contributed by atoms with E-state index in [-0.39, 0.29) is 6.04 Å². The summed E-state index contributed by atoms with van der Waals surface area (Å²) in [5.41, 5.74) is 2.44. The number of tetrazole rings is 1. The van der Waals surface area contributed by atoms with Crippen LogP contribution in [0.15, 0.2) is 54.6 Å². The second-order valence-corrected chi connectivity index (χ2v) is 7.51. The molecule has 1 aliphatic rings. The summed E-state index contributed by atoms with van der Waals surface area (Å²) in [6.07, 6.45) is 0.895. The first-order chi connectivity index (χ1) is 14.2. The van der Waals surface area contributed by atoms with Crippen molar-refractivity contribution in [2.75, 3.05) is 40.3 Å². The molecular formula is C22H28N6O. The number of hydrogen-bond donors (Lipinski definition) is 0. The van der Waals surface area contributed by atoms with Gasteiger partial charge in [-0.1, -0.05) is 42.5 Å². The van der Waals surface area contributed by atoms with E-state index in [0.29, 0.717) is 0 Å². The van der Waals surface area contributed by atoms with E-state index in [1.165, 1.54) is 5.56 Å². The number of benzene rings is 2. The molecule has 4 rings (SSSR count). The van der Waals surface area contributed by atoms with Crippen molar-refractivity contribution in [1.29, 1.82) is 0 Å². The van der Waals surface area contributed by atoms with Crippen LogP contribution in [0.2, 0.25) is 0 Å². The molecule has 1 aliphatic heterocycles. The molecule has 2 heterocycles. The summed E-state index contributed by atoms with van der Waals surface area (Å²) in [5.74, 6) is 1.74. The predicted molar refractivity (Wildman–Crippen MR) is 112 cm³/mol. The largest absolute Gasteiger partial charge is 0.497 e. The maximum absolute atomic E-state index is 5.48. The van der Waals surface area contributed by atoms with Crippen molar-refractivity contribution in [2.45, 2.75) is 19.0 Å². The van der Waals surface area contributed by atoms with Crippen molar-refractivity contribution in [1.82, 2.24) is 30.0 Å². The lowest BCUT2D eigenvalue weighted by Gasteiger charge is -2.37. The first-order valence-corrected chi connectivity index (χ1v) is 10.1. The molecule has 0 spiro atoms. The van der Waals surface area contributed by atoms with Gasteiger partial charge in [-0.25, -0.2) is 4.68 Å². The van der Waals surface area contributed by atoms with Crippen LogP contribution >= 0.6 is 0 Å². The molecule has 1 saturated heterocycles. The summed E-state index contributed by atoms with van der Waals surface area (Å²) in [7, 11) is 3.87. The number of piperazine rings is 1. The van der Waals surface area contributed by atoms with Gasteiger partial charge in [-0.3, -0.25) is 4.90 Å². The predicted octanol–water partition coefficient (Wildman–Crippen LogP) is 2.26. The topological polar surface area (TPSA) is 59.3 Å².